The molecule has 4 rings (SSSR count). The van der Waals surface area contributed by atoms with Gasteiger partial charge in [-0.3, -0.25) is 0 Å². The second kappa shape index (κ2) is 7.28. The predicted molar refractivity (Wildman–Crippen MR) is 112 cm³/mol. The standard InChI is InChI=1S/C21H13BrCl2N2/c22-19-4-2-1-3-18(19)20-13-21(14-5-7-15(23)8-6-14)26(25-20)17-11-9-16(24)10-12-17/h1-13H. The zero-order valence-electron chi connectivity index (χ0n) is 13.5. The molecule has 0 spiro atoms. The van der Waals surface area contributed by atoms with Crippen LogP contribution in [0, 0.1) is 0 Å². The van der Waals surface area contributed by atoms with Crippen molar-refractivity contribution in [1.82, 2.24) is 9.78 Å². The minimum Gasteiger partial charge on any atom is -0.232 e. The molecular formula is C21H13BrCl2N2. The zero-order chi connectivity index (χ0) is 18.1. The SMILES string of the molecule is Clc1ccc(-c2cc(-c3ccccc3Br)nn2-c2ccc(Cl)cc2)cc1. The molecule has 0 fully saturated rings. The first kappa shape index (κ1) is 17.3. The minimum absolute atomic E-state index is 0.694. The molecule has 0 aliphatic heterocycles. The predicted octanol–water partition coefficient (Wildman–Crippen LogP) is 7.28. The van der Waals surface area contributed by atoms with Crippen LogP contribution >= 0.6 is 39.1 Å². The van der Waals surface area contributed by atoms with Gasteiger partial charge in [0.25, 0.3) is 0 Å². The van der Waals surface area contributed by atoms with Gasteiger partial charge in [0.15, 0.2) is 0 Å². The Balaban J connectivity index is 1.92. The Hall–Kier alpha value is -2.07. The summed E-state index contributed by atoms with van der Waals surface area (Å²) in [5.41, 5.74) is 4.88. The molecule has 0 radical (unpaired) electrons. The Morgan fingerprint density at radius 2 is 1.38 bits per heavy atom. The monoisotopic (exact) mass is 442 g/mol. The molecule has 0 saturated heterocycles. The first-order chi connectivity index (χ1) is 12.6. The van der Waals surface area contributed by atoms with E-state index in [1.165, 1.54) is 0 Å². The van der Waals surface area contributed by atoms with Crippen LogP contribution in [0.3, 0.4) is 0 Å². The lowest BCUT2D eigenvalue weighted by molar-refractivity contribution is 0.892. The Morgan fingerprint density at radius 1 is 0.769 bits per heavy atom. The van der Waals surface area contributed by atoms with E-state index in [1.807, 2.05) is 77.5 Å². The number of rotatable bonds is 3. The molecule has 0 unspecified atom stereocenters. The van der Waals surface area contributed by atoms with Crippen LogP contribution in [0.4, 0.5) is 0 Å². The van der Waals surface area contributed by atoms with E-state index in [-0.39, 0.29) is 0 Å². The van der Waals surface area contributed by atoms with Gasteiger partial charge in [0.2, 0.25) is 0 Å². The van der Waals surface area contributed by atoms with Crippen molar-refractivity contribution in [3.05, 3.63) is 93.4 Å². The molecule has 0 N–H and O–H groups in total. The zero-order valence-corrected chi connectivity index (χ0v) is 16.6. The van der Waals surface area contributed by atoms with Crippen molar-refractivity contribution < 1.29 is 0 Å². The second-order valence-electron chi connectivity index (χ2n) is 5.79. The summed E-state index contributed by atoms with van der Waals surface area (Å²) in [4.78, 5) is 0. The molecular weight excluding hydrogens is 431 g/mol. The summed E-state index contributed by atoms with van der Waals surface area (Å²) >= 11 is 15.7. The number of hydrogen-bond donors (Lipinski definition) is 0. The molecule has 0 aliphatic carbocycles. The minimum atomic E-state index is 0.694. The van der Waals surface area contributed by atoms with Gasteiger partial charge in [0, 0.05) is 25.6 Å². The largest absolute Gasteiger partial charge is 0.232 e. The lowest BCUT2D eigenvalue weighted by Gasteiger charge is -2.08. The van der Waals surface area contributed by atoms with Gasteiger partial charge in [0.05, 0.1) is 17.1 Å². The van der Waals surface area contributed by atoms with E-state index in [0.717, 1.165) is 32.7 Å². The smallest absolute Gasteiger partial charge is 0.0945 e. The molecule has 1 aromatic heterocycles. The topological polar surface area (TPSA) is 17.8 Å². The molecule has 0 amide bonds. The molecule has 0 atom stereocenters. The Kier molecular flexibility index (Phi) is 4.86. The van der Waals surface area contributed by atoms with Crippen LogP contribution in [-0.2, 0) is 0 Å². The van der Waals surface area contributed by atoms with Gasteiger partial charge in [-0.05, 0) is 48.5 Å². The highest BCUT2D eigenvalue weighted by molar-refractivity contribution is 9.10. The quantitative estimate of drug-likeness (QED) is 0.325. The van der Waals surface area contributed by atoms with E-state index in [1.54, 1.807) is 0 Å². The molecule has 5 heteroatoms. The molecule has 2 nitrogen and oxygen atoms in total. The maximum Gasteiger partial charge on any atom is 0.0945 e. The lowest BCUT2D eigenvalue weighted by atomic mass is 10.1. The summed E-state index contributed by atoms with van der Waals surface area (Å²) in [5.74, 6) is 0. The summed E-state index contributed by atoms with van der Waals surface area (Å²) in [7, 11) is 0. The highest BCUT2D eigenvalue weighted by Crippen LogP contribution is 2.33. The van der Waals surface area contributed by atoms with Crippen molar-refractivity contribution in [2.24, 2.45) is 0 Å². The summed E-state index contributed by atoms with van der Waals surface area (Å²) in [5, 5.41) is 6.25. The van der Waals surface area contributed by atoms with Crippen LogP contribution in [0.25, 0.3) is 28.2 Å². The molecule has 128 valence electrons. The van der Waals surface area contributed by atoms with Crippen LogP contribution in [0.1, 0.15) is 0 Å². The summed E-state index contributed by atoms with van der Waals surface area (Å²) in [6.45, 7) is 0. The van der Waals surface area contributed by atoms with Crippen LogP contribution in [-0.4, -0.2) is 9.78 Å². The van der Waals surface area contributed by atoms with E-state index in [0.29, 0.717) is 10.0 Å². The Morgan fingerprint density at radius 3 is 2.04 bits per heavy atom. The normalized spacial score (nSPS) is 10.9. The average Bonchev–Trinajstić information content (AvgIpc) is 3.08. The Bertz CT molecular complexity index is 991. The third-order valence-corrected chi connectivity index (χ3v) is 5.27. The summed E-state index contributed by atoms with van der Waals surface area (Å²) < 4.78 is 2.93. The van der Waals surface area contributed by atoms with Crippen molar-refractivity contribution in [3.63, 3.8) is 0 Å². The van der Waals surface area contributed by atoms with E-state index in [2.05, 4.69) is 22.0 Å². The maximum atomic E-state index is 6.05. The van der Waals surface area contributed by atoms with Crippen molar-refractivity contribution in [3.8, 4) is 28.2 Å². The Labute approximate surface area is 170 Å². The number of halogens is 3. The van der Waals surface area contributed by atoms with Gasteiger partial charge in [-0.1, -0.05) is 69.5 Å². The van der Waals surface area contributed by atoms with Crippen molar-refractivity contribution in [2.75, 3.05) is 0 Å². The number of benzene rings is 3. The number of nitrogens with zero attached hydrogens (tertiary/aromatic N) is 2. The summed E-state index contributed by atoms with van der Waals surface area (Å²) in [6.07, 6.45) is 0. The van der Waals surface area contributed by atoms with E-state index < -0.39 is 0 Å². The molecule has 26 heavy (non-hydrogen) atoms. The van der Waals surface area contributed by atoms with Gasteiger partial charge >= 0.3 is 0 Å². The van der Waals surface area contributed by atoms with Crippen LogP contribution in [0.5, 0.6) is 0 Å². The fourth-order valence-corrected chi connectivity index (χ4v) is 3.53. The molecule has 0 aliphatic rings. The highest BCUT2D eigenvalue weighted by atomic mass is 79.9. The van der Waals surface area contributed by atoms with E-state index in [4.69, 9.17) is 28.3 Å². The van der Waals surface area contributed by atoms with E-state index in [9.17, 15) is 0 Å². The third-order valence-electron chi connectivity index (χ3n) is 4.07. The molecule has 0 saturated carbocycles. The van der Waals surface area contributed by atoms with Crippen LogP contribution < -0.4 is 0 Å². The van der Waals surface area contributed by atoms with Gasteiger partial charge in [-0.25, -0.2) is 4.68 Å². The molecule has 4 aromatic rings. The summed E-state index contributed by atoms with van der Waals surface area (Å²) in [6, 6.07) is 25.5. The van der Waals surface area contributed by atoms with Gasteiger partial charge in [0.1, 0.15) is 0 Å². The van der Waals surface area contributed by atoms with Crippen molar-refractivity contribution in [1.29, 1.82) is 0 Å². The average molecular weight is 444 g/mol. The fraction of sp³-hybridized carbons (Fsp3) is 0. The number of hydrogen-bond acceptors (Lipinski definition) is 1. The van der Waals surface area contributed by atoms with Gasteiger partial charge in [-0.15, -0.1) is 0 Å². The van der Waals surface area contributed by atoms with Crippen molar-refractivity contribution >= 4 is 39.1 Å². The first-order valence-electron chi connectivity index (χ1n) is 7.99. The van der Waals surface area contributed by atoms with Crippen LogP contribution in [0.2, 0.25) is 10.0 Å². The fourth-order valence-electron chi connectivity index (χ4n) is 2.79. The van der Waals surface area contributed by atoms with Gasteiger partial charge < -0.3 is 0 Å². The second-order valence-corrected chi connectivity index (χ2v) is 7.52. The molecule has 1 heterocycles. The molecule has 3 aromatic carbocycles. The lowest BCUT2D eigenvalue weighted by Crippen LogP contribution is -1.99. The first-order valence-corrected chi connectivity index (χ1v) is 9.53. The highest BCUT2D eigenvalue weighted by Gasteiger charge is 2.14. The number of aromatic nitrogens is 2. The van der Waals surface area contributed by atoms with Crippen molar-refractivity contribution in [2.45, 2.75) is 0 Å². The maximum absolute atomic E-state index is 6.05. The van der Waals surface area contributed by atoms with Gasteiger partial charge in [-0.2, -0.15) is 5.10 Å². The van der Waals surface area contributed by atoms with Crippen LogP contribution in [0.15, 0.2) is 83.3 Å². The molecule has 0 bridgehead atoms. The van der Waals surface area contributed by atoms with E-state index >= 15 is 0 Å². The third kappa shape index (κ3) is 3.43.